The van der Waals surface area contributed by atoms with Crippen molar-refractivity contribution in [2.75, 3.05) is 7.11 Å². The van der Waals surface area contributed by atoms with E-state index in [0.29, 0.717) is 21.7 Å². The molecule has 0 aliphatic rings. The minimum atomic E-state index is -3.51. The fourth-order valence-corrected chi connectivity index (χ4v) is 6.31. The van der Waals surface area contributed by atoms with Crippen LogP contribution < -0.4 is 0 Å². The van der Waals surface area contributed by atoms with Crippen LogP contribution in [0.3, 0.4) is 0 Å². The van der Waals surface area contributed by atoms with Gasteiger partial charge in [0, 0.05) is 33.6 Å². The number of esters is 1. The molecule has 6 nitrogen and oxygen atoms in total. The van der Waals surface area contributed by atoms with Gasteiger partial charge in [-0.05, 0) is 53.1 Å². The van der Waals surface area contributed by atoms with Crippen molar-refractivity contribution in [3.8, 4) is 22.3 Å². The number of aromatic amines is 1. The monoisotopic (exact) mass is 532 g/mol. The standard InChI is InChI=1S/C32H24N2O4S/c1-38-32(35)24-15-13-22(14-16-24)27-19-33-31-30(29(27)23-8-4-2-5-9-23)26-18-21(12-17-28(26)34-31)20-39(36,37)25-10-6-3-7-11-25/h2-19H,20H2,1H3,(H,33,34). The number of hydrogen-bond acceptors (Lipinski definition) is 5. The van der Waals surface area contributed by atoms with E-state index in [0.717, 1.165) is 38.5 Å². The van der Waals surface area contributed by atoms with Gasteiger partial charge in [-0.15, -0.1) is 0 Å². The summed E-state index contributed by atoms with van der Waals surface area (Å²) in [5.74, 6) is -0.504. The summed E-state index contributed by atoms with van der Waals surface area (Å²) in [5.41, 5.74) is 6.50. The largest absolute Gasteiger partial charge is 0.465 e. The zero-order valence-corrected chi connectivity index (χ0v) is 21.9. The molecule has 0 unspecified atom stereocenters. The van der Waals surface area contributed by atoms with Crippen LogP contribution >= 0.6 is 0 Å². The molecule has 4 aromatic carbocycles. The van der Waals surface area contributed by atoms with Gasteiger partial charge in [-0.3, -0.25) is 0 Å². The van der Waals surface area contributed by atoms with Crippen LogP contribution in [0.2, 0.25) is 0 Å². The number of hydrogen-bond donors (Lipinski definition) is 1. The van der Waals surface area contributed by atoms with Crippen LogP contribution in [-0.2, 0) is 20.3 Å². The number of aromatic nitrogens is 2. The third-order valence-electron chi connectivity index (χ3n) is 6.82. The third kappa shape index (κ3) is 4.57. The van der Waals surface area contributed by atoms with Crippen molar-refractivity contribution in [1.29, 1.82) is 0 Å². The van der Waals surface area contributed by atoms with Gasteiger partial charge in [-0.25, -0.2) is 18.2 Å². The van der Waals surface area contributed by atoms with E-state index < -0.39 is 15.8 Å². The van der Waals surface area contributed by atoms with Gasteiger partial charge in [0.1, 0.15) is 5.65 Å². The molecule has 0 saturated carbocycles. The van der Waals surface area contributed by atoms with Gasteiger partial charge >= 0.3 is 5.97 Å². The zero-order chi connectivity index (χ0) is 27.0. The van der Waals surface area contributed by atoms with Crippen molar-refractivity contribution in [3.05, 3.63) is 120 Å². The molecule has 0 saturated heterocycles. The highest BCUT2D eigenvalue weighted by Gasteiger charge is 2.20. The fraction of sp³-hybridized carbons (Fsp3) is 0.0625. The lowest BCUT2D eigenvalue weighted by atomic mass is 9.92. The van der Waals surface area contributed by atoms with Crippen LogP contribution in [-0.4, -0.2) is 31.5 Å². The summed E-state index contributed by atoms with van der Waals surface area (Å²) in [7, 11) is -2.15. The third-order valence-corrected chi connectivity index (χ3v) is 8.53. The number of ether oxygens (including phenoxy) is 1. The van der Waals surface area contributed by atoms with Crippen molar-refractivity contribution < 1.29 is 17.9 Å². The van der Waals surface area contributed by atoms with Crippen molar-refractivity contribution in [2.24, 2.45) is 0 Å². The van der Waals surface area contributed by atoms with E-state index in [-0.39, 0.29) is 5.75 Å². The van der Waals surface area contributed by atoms with Gasteiger partial charge in [0.2, 0.25) is 0 Å². The van der Waals surface area contributed by atoms with E-state index in [4.69, 9.17) is 9.72 Å². The molecule has 1 N–H and O–H groups in total. The van der Waals surface area contributed by atoms with E-state index in [1.54, 1.807) is 42.5 Å². The molecular formula is C32H24N2O4S. The van der Waals surface area contributed by atoms with Gasteiger partial charge < -0.3 is 9.72 Å². The molecule has 2 heterocycles. The molecule has 39 heavy (non-hydrogen) atoms. The fourth-order valence-electron chi connectivity index (χ4n) is 4.95. The molecule has 2 aromatic heterocycles. The Morgan fingerprint density at radius 3 is 2.23 bits per heavy atom. The molecule has 0 fully saturated rings. The van der Waals surface area contributed by atoms with Crippen molar-refractivity contribution in [2.45, 2.75) is 10.6 Å². The van der Waals surface area contributed by atoms with E-state index in [2.05, 4.69) is 4.98 Å². The molecule has 192 valence electrons. The maximum Gasteiger partial charge on any atom is 0.337 e. The minimum absolute atomic E-state index is 0.109. The first kappa shape index (κ1) is 24.6. The smallest absolute Gasteiger partial charge is 0.337 e. The normalized spacial score (nSPS) is 11.6. The number of benzene rings is 4. The molecule has 0 amide bonds. The Morgan fingerprint density at radius 2 is 1.54 bits per heavy atom. The van der Waals surface area contributed by atoms with E-state index in [9.17, 15) is 13.2 Å². The number of nitrogens with one attached hydrogen (secondary N) is 1. The number of pyridine rings is 1. The predicted molar refractivity (Wildman–Crippen MR) is 153 cm³/mol. The average molecular weight is 533 g/mol. The minimum Gasteiger partial charge on any atom is -0.465 e. The number of carbonyl (C=O) groups excluding carboxylic acids is 1. The van der Waals surface area contributed by atoms with Crippen LogP contribution in [0.25, 0.3) is 44.2 Å². The van der Waals surface area contributed by atoms with Crippen LogP contribution in [0.5, 0.6) is 0 Å². The maximum absolute atomic E-state index is 13.1. The topological polar surface area (TPSA) is 89.1 Å². The lowest BCUT2D eigenvalue weighted by molar-refractivity contribution is 0.0600. The second kappa shape index (κ2) is 9.85. The van der Waals surface area contributed by atoms with Crippen LogP contribution in [0.4, 0.5) is 0 Å². The van der Waals surface area contributed by atoms with Gasteiger partial charge in [-0.1, -0.05) is 66.7 Å². The Morgan fingerprint density at radius 1 is 0.846 bits per heavy atom. The second-order valence-corrected chi connectivity index (χ2v) is 11.3. The summed E-state index contributed by atoms with van der Waals surface area (Å²) in [6.07, 6.45) is 1.83. The lowest BCUT2D eigenvalue weighted by Crippen LogP contribution is -2.04. The Hall–Kier alpha value is -4.75. The molecule has 0 aliphatic carbocycles. The Labute approximate surface area is 225 Å². The predicted octanol–water partition coefficient (Wildman–Crippen LogP) is 6.81. The zero-order valence-electron chi connectivity index (χ0n) is 21.1. The average Bonchev–Trinajstić information content (AvgIpc) is 3.35. The number of methoxy groups -OCH3 is 1. The first-order chi connectivity index (χ1) is 18.9. The SMILES string of the molecule is COC(=O)c1ccc(-c2cnc3[nH]c4ccc(CS(=O)(=O)c5ccccc5)cc4c3c2-c2ccccc2)cc1. The van der Waals surface area contributed by atoms with Gasteiger partial charge in [0.15, 0.2) is 9.84 Å². The molecule has 6 rings (SSSR count). The maximum atomic E-state index is 13.1. The number of H-pyrrole nitrogens is 1. The quantitative estimate of drug-likeness (QED) is 0.238. The van der Waals surface area contributed by atoms with Gasteiger partial charge in [-0.2, -0.15) is 0 Å². The van der Waals surface area contributed by atoms with Crippen molar-refractivity contribution >= 4 is 37.7 Å². The molecule has 7 heteroatoms. The first-order valence-corrected chi connectivity index (χ1v) is 14.0. The molecule has 6 aromatic rings. The molecule has 0 atom stereocenters. The van der Waals surface area contributed by atoms with Gasteiger partial charge in [0.25, 0.3) is 0 Å². The molecular weight excluding hydrogens is 508 g/mol. The highest BCUT2D eigenvalue weighted by atomic mass is 32.2. The van der Waals surface area contributed by atoms with Crippen LogP contribution in [0.15, 0.2) is 114 Å². The molecule has 0 aliphatic heterocycles. The van der Waals surface area contributed by atoms with E-state index in [1.807, 2.05) is 66.9 Å². The number of rotatable bonds is 6. The summed E-state index contributed by atoms with van der Waals surface area (Å²) in [6.45, 7) is 0. The summed E-state index contributed by atoms with van der Waals surface area (Å²) < 4.78 is 31.1. The number of carbonyl (C=O) groups is 1. The summed E-state index contributed by atoms with van der Waals surface area (Å²) in [6, 6.07) is 31.5. The van der Waals surface area contributed by atoms with Crippen molar-refractivity contribution in [1.82, 2.24) is 9.97 Å². The Balaban J connectivity index is 1.55. The summed E-state index contributed by atoms with van der Waals surface area (Å²) in [5, 5.41) is 1.80. The van der Waals surface area contributed by atoms with E-state index in [1.165, 1.54) is 7.11 Å². The molecule has 0 radical (unpaired) electrons. The highest BCUT2D eigenvalue weighted by Crippen LogP contribution is 2.41. The Bertz CT molecular complexity index is 1930. The summed E-state index contributed by atoms with van der Waals surface area (Å²) in [4.78, 5) is 20.4. The Kier molecular flexibility index (Phi) is 6.21. The van der Waals surface area contributed by atoms with E-state index >= 15 is 0 Å². The van der Waals surface area contributed by atoms with Crippen LogP contribution in [0, 0.1) is 0 Å². The number of nitrogens with zero attached hydrogens (tertiary/aromatic N) is 1. The first-order valence-electron chi connectivity index (χ1n) is 12.4. The number of fused-ring (bicyclic) bond motifs is 3. The molecule has 0 bridgehead atoms. The van der Waals surface area contributed by atoms with Gasteiger partial charge in [0.05, 0.1) is 23.3 Å². The van der Waals surface area contributed by atoms with Crippen molar-refractivity contribution in [3.63, 3.8) is 0 Å². The lowest BCUT2D eigenvalue weighted by Gasteiger charge is -2.13. The number of sulfone groups is 1. The summed E-state index contributed by atoms with van der Waals surface area (Å²) >= 11 is 0. The second-order valence-electron chi connectivity index (χ2n) is 9.28. The highest BCUT2D eigenvalue weighted by molar-refractivity contribution is 7.90. The molecule has 0 spiro atoms. The van der Waals surface area contributed by atoms with Crippen LogP contribution in [0.1, 0.15) is 15.9 Å².